The maximum absolute atomic E-state index is 6.82. The second-order valence-electron chi connectivity index (χ2n) is 14.7. The summed E-state index contributed by atoms with van der Waals surface area (Å²) in [5.74, 6) is 1.39. The minimum absolute atomic E-state index is 0.691. The topological polar surface area (TPSA) is 69.6 Å². The van der Waals surface area contributed by atoms with E-state index >= 15 is 0 Å². The van der Waals surface area contributed by atoms with E-state index < -0.39 is 0 Å². The lowest BCUT2D eigenvalue weighted by molar-refractivity contribution is 0.484. The van der Waals surface area contributed by atoms with Crippen LogP contribution in [0.15, 0.2) is 194 Å². The highest BCUT2D eigenvalue weighted by atomic mass is 16.5. The van der Waals surface area contributed by atoms with Crippen LogP contribution in [0.4, 0.5) is 0 Å². The normalized spacial score (nSPS) is 11.7. The lowest BCUT2D eigenvalue weighted by Crippen LogP contribution is -1.97. The van der Waals surface area contributed by atoms with Gasteiger partial charge in [-0.3, -0.25) is 13.8 Å². The number of ether oxygens (including phenoxy) is 1. The van der Waals surface area contributed by atoms with E-state index in [0.717, 1.165) is 99.9 Å². The smallest absolute Gasteiger partial charge is 0.147 e. The number of hydrogen-bond acceptors (Lipinski definition) is 5. The summed E-state index contributed by atoms with van der Waals surface area (Å²) in [6.45, 7) is 0. The zero-order valence-corrected chi connectivity index (χ0v) is 31.6. The molecule has 276 valence electrons. The van der Waals surface area contributed by atoms with Crippen molar-refractivity contribution in [1.29, 1.82) is 0 Å². The van der Waals surface area contributed by atoms with Gasteiger partial charge in [0, 0.05) is 56.2 Å². The lowest BCUT2D eigenvalue weighted by atomic mass is 10.0. The molecule has 12 rings (SSSR count). The van der Waals surface area contributed by atoms with Crippen molar-refractivity contribution < 1.29 is 4.74 Å². The molecular formula is C52H32N6O. The highest BCUT2D eigenvalue weighted by Crippen LogP contribution is 2.42. The van der Waals surface area contributed by atoms with Crippen LogP contribution in [-0.4, -0.2) is 28.7 Å². The Morgan fingerprint density at radius 1 is 0.356 bits per heavy atom. The van der Waals surface area contributed by atoms with Crippen molar-refractivity contribution in [2.75, 3.05) is 0 Å². The Bertz CT molecular complexity index is 3330. The summed E-state index contributed by atoms with van der Waals surface area (Å²) in [5.41, 5.74) is 12.4. The predicted octanol–water partition coefficient (Wildman–Crippen LogP) is 12.8. The first-order valence-electron chi connectivity index (χ1n) is 19.6. The first-order valence-corrected chi connectivity index (χ1v) is 19.6. The Balaban J connectivity index is 1.08. The zero-order chi connectivity index (χ0) is 38.9. The van der Waals surface area contributed by atoms with Gasteiger partial charge in [0.05, 0.1) is 33.8 Å². The average Bonchev–Trinajstić information content (AvgIpc) is 3.92. The van der Waals surface area contributed by atoms with Crippen LogP contribution in [0.2, 0.25) is 0 Å². The minimum Gasteiger partial charge on any atom is -0.457 e. The molecule has 0 spiro atoms. The maximum atomic E-state index is 6.82. The summed E-state index contributed by atoms with van der Waals surface area (Å²) in [5, 5.41) is 5.00. The molecule has 7 heteroatoms. The lowest BCUT2D eigenvalue weighted by Gasteiger charge is -2.13. The van der Waals surface area contributed by atoms with Crippen LogP contribution in [0, 0.1) is 0 Å². The molecule has 0 saturated heterocycles. The van der Waals surface area contributed by atoms with Gasteiger partial charge < -0.3 is 4.74 Å². The quantitative estimate of drug-likeness (QED) is 0.158. The van der Waals surface area contributed by atoms with Crippen molar-refractivity contribution in [3.63, 3.8) is 0 Å². The molecule has 6 aromatic heterocycles. The third kappa shape index (κ3) is 5.22. The minimum atomic E-state index is 0.691. The summed E-state index contributed by atoms with van der Waals surface area (Å²) in [6, 6.07) is 62.4. The molecule has 6 heterocycles. The van der Waals surface area contributed by atoms with E-state index in [1.165, 1.54) is 0 Å². The third-order valence-corrected chi connectivity index (χ3v) is 11.2. The molecule has 12 aromatic rings. The van der Waals surface area contributed by atoms with Crippen molar-refractivity contribution in [2.24, 2.45) is 0 Å². The molecule has 59 heavy (non-hydrogen) atoms. The average molecular weight is 757 g/mol. The second kappa shape index (κ2) is 13.2. The zero-order valence-electron chi connectivity index (χ0n) is 31.6. The van der Waals surface area contributed by atoms with Gasteiger partial charge in [0.25, 0.3) is 0 Å². The number of nitrogens with zero attached hydrogens (tertiary/aromatic N) is 6. The highest BCUT2D eigenvalue weighted by molar-refractivity contribution is 6.14. The highest BCUT2D eigenvalue weighted by Gasteiger charge is 2.23. The van der Waals surface area contributed by atoms with E-state index in [1.54, 1.807) is 0 Å². The van der Waals surface area contributed by atoms with Gasteiger partial charge in [-0.2, -0.15) is 0 Å². The van der Waals surface area contributed by atoms with Crippen molar-refractivity contribution in [3.05, 3.63) is 194 Å². The van der Waals surface area contributed by atoms with Crippen LogP contribution in [0.3, 0.4) is 0 Å². The van der Waals surface area contributed by atoms with Gasteiger partial charge in [0.15, 0.2) is 0 Å². The monoisotopic (exact) mass is 756 g/mol. The van der Waals surface area contributed by atoms with E-state index in [9.17, 15) is 0 Å². The first kappa shape index (κ1) is 33.0. The van der Waals surface area contributed by atoms with Crippen LogP contribution in [0.5, 0.6) is 11.5 Å². The van der Waals surface area contributed by atoms with Gasteiger partial charge in [-0.1, -0.05) is 121 Å². The number of rotatable bonds is 6. The number of hydrogen-bond donors (Lipinski definition) is 0. The molecule has 0 amide bonds. The fourth-order valence-electron chi connectivity index (χ4n) is 8.65. The molecule has 0 atom stereocenters. The summed E-state index contributed by atoms with van der Waals surface area (Å²) in [7, 11) is 0. The van der Waals surface area contributed by atoms with Crippen LogP contribution in [0.25, 0.3) is 99.9 Å². The Hall–Kier alpha value is -8.16. The first-order chi connectivity index (χ1) is 29.3. The van der Waals surface area contributed by atoms with Crippen LogP contribution in [0.1, 0.15) is 0 Å². The van der Waals surface area contributed by atoms with Crippen molar-refractivity contribution in [3.8, 4) is 56.5 Å². The van der Waals surface area contributed by atoms with Gasteiger partial charge in [0.2, 0.25) is 0 Å². The summed E-state index contributed by atoms with van der Waals surface area (Å²) < 4.78 is 11.3. The molecule has 0 aliphatic heterocycles. The van der Waals surface area contributed by atoms with Crippen molar-refractivity contribution in [1.82, 2.24) is 28.7 Å². The van der Waals surface area contributed by atoms with Crippen LogP contribution in [-0.2, 0) is 0 Å². The molecule has 0 radical (unpaired) electrons. The number of benzene rings is 6. The van der Waals surface area contributed by atoms with Gasteiger partial charge in [-0.05, 0) is 66.0 Å². The fraction of sp³-hybridized carbons (Fsp3) is 0. The summed E-state index contributed by atoms with van der Waals surface area (Å²) in [4.78, 5) is 20.7. The number of imidazole rings is 2. The van der Waals surface area contributed by atoms with Gasteiger partial charge in [-0.15, -0.1) is 0 Å². The summed E-state index contributed by atoms with van der Waals surface area (Å²) >= 11 is 0. The molecular weight excluding hydrogens is 725 g/mol. The molecule has 7 nitrogen and oxygen atoms in total. The van der Waals surface area contributed by atoms with Gasteiger partial charge >= 0.3 is 0 Å². The van der Waals surface area contributed by atoms with E-state index in [-0.39, 0.29) is 0 Å². The molecule has 0 bridgehead atoms. The molecule has 0 saturated carbocycles. The molecule has 0 aliphatic carbocycles. The number of aromatic nitrogens is 6. The molecule has 6 aromatic carbocycles. The number of fused-ring (bicyclic) bond motifs is 12. The standard InChI is InChI=1S/C52H32N6O/c1-5-15-33(16-6-1)45-48(35-19-9-3-10-20-35)57-44-24-14-29-53-47(44)40-28-26-38(32-43(40)51(57)55-45)59-37-25-27-39-41-23-13-30-54-50(41)58-49(36-21-11-4-12-22-36)46(34-17-7-2-8-18-34)56-52(58)42(39)31-37/h1-32H. The fourth-order valence-corrected chi connectivity index (χ4v) is 8.65. The Morgan fingerprint density at radius 3 is 1.46 bits per heavy atom. The van der Waals surface area contributed by atoms with Crippen LogP contribution >= 0.6 is 0 Å². The Kier molecular flexibility index (Phi) is 7.40. The Morgan fingerprint density at radius 2 is 0.847 bits per heavy atom. The molecule has 0 fully saturated rings. The van der Waals surface area contributed by atoms with E-state index in [4.69, 9.17) is 24.7 Å². The van der Waals surface area contributed by atoms with E-state index in [0.29, 0.717) is 11.5 Å². The predicted molar refractivity (Wildman–Crippen MR) is 238 cm³/mol. The van der Waals surface area contributed by atoms with Crippen molar-refractivity contribution >= 4 is 54.9 Å². The largest absolute Gasteiger partial charge is 0.457 e. The van der Waals surface area contributed by atoms with Gasteiger partial charge in [-0.25, -0.2) is 15.0 Å². The second-order valence-corrected chi connectivity index (χ2v) is 14.7. The Labute approximate surface area is 338 Å². The SMILES string of the molecule is c1ccc(-c2nc3c4cc(Oc5ccc6c7cccnc7n7c(-c8ccccc8)c(-c8ccccc8)nc7c6c5)ccc4c4ncccc4n3c2-c2ccccc2)cc1. The molecule has 0 aliphatic rings. The van der Waals surface area contributed by atoms with E-state index in [1.807, 2.05) is 60.9 Å². The van der Waals surface area contributed by atoms with Gasteiger partial charge in [0.1, 0.15) is 28.4 Å². The molecule has 0 N–H and O–H groups in total. The van der Waals surface area contributed by atoms with Crippen molar-refractivity contribution in [2.45, 2.75) is 0 Å². The maximum Gasteiger partial charge on any atom is 0.147 e. The van der Waals surface area contributed by atoms with E-state index in [2.05, 4.69) is 142 Å². The van der Waals surface area contributed by atoms with Crippen LogP contribution < -0.4 is 4.74 Å². The third-order valence-electron chi connectivity index (χ3n) is 11.2. The number of pyridine rings is 4. The molecule has 0 unspecified atom stereocenters. The summed E-state index contributed by atoms with van der Waals surface area (Å²) in [6.07, 6.45) is 3.70.